The molecule has 2 N–H and O–H groups in total. The lowest BCUT2D eigenvalue weighted by Crippen LogP contribution is -2.38. The predicted octanol–water partition coefficient (Wildman–Crippen LogP) is 7.33. The Morgan fingerprint density at radius 3 is 2.26 bits per heavy atom. The maximum atomic E-state index is 13.1. The Bertz CT molecular complexity index is 1210. The Balaban J connectivity index is 1.58. The molecule has 0 aliphatic rings. The molecule has 10 heteroatoms. The van der Waals surface area contributed by atoms with E-state index in [4.69, 9.17) is 32.7 Å². The van der Waals surface area contributed by atoms with Crippen LogP contribution in [0.1, 0.15) is 24.5 Å². The third-order valence-electron chi connectivity index (χ3n) is 5.82. The van der Waals surface area contributed by atoms with Crippen LogP contribution in [0.25, 0.3) is 0 Å². The van der Waals surface area contributed by atoms with Crippen LogP contribution in [-0.2, 0) is 22.4 Å². The van der Waals surface area contributed by atoms with Gasteiger partial charge in [-0.05, 0) is 85.5 Å². The lowest BCUT2D eigenvalue weighted by molar-refractivity contribution is -0.149. The van der Waals surface area contributed by atoms with E-state index in [0.29, 0.717) is 54.0 Å². The van der Waals surface area contributed by atoms with Crippen molar-refractivity contribution < 1.29 is 24.2 Å². The highest BCUT2D eigenvalue weighted by atomic mass is 79.9. The number of carboxylic acids is 1. The molecular formula is C29H31BrCl2N2O5. The average Bonchev–Trinajstić information content (AvgIpc) is 2.89. The van der Waals surface area contributed by atoms with Gasteiger partial charge < -0.3 is 24.8 Å². The number of nitrogens with zero attached hydrogens (tertiary/aromatic N) is 1. The number of hydrogen-bond donors (Lipinski definition) is 2. The number of aliphatic carboxylic acids is 1. The number of halogens is 3. The Labute approximate surface area is 247 Å². The van der Waals surface area contributed by atoms with E-state index >= 15 is 0 Å². The largest absolute Gasteiger partial charge is 0.492 e. The molecule has 0 spiro atoms. The van der Waals surface area contributed by atoms with Gasteiger partial charge in [0.1, 0.15) is 12.4 Å². The summed E-state index contributed by atoms with van der Waals surface area (Å²) in [7, 11) is 0. The number of ether oxygens (including phenoxy) is 2. The molecule has 0 saturated carbocycles. The number of rotatable bonds is 14. The molecule has 0 heterocycles. The summed E-state index contributed by atoms with van der Waals surface area (Å²) in [5.74, 6) is -0.360. The molecule has 1 atom stereocenters. The Kier molecular flexibility index (Phi) is 12.4. The van der Waals surface area contributed by atoms with Crippen molar-refractivity contribution in [3.05, 3.63) is 92.4 Å². The first kappa shape index (κ1) is 30.8. The highest BCUT2D eigenvalue weighted by Gasteiger charge is 2.18. The van der Waals surface area contributed by atoms with Crippen molar-refractivity contribution in [3.8, 4) is 5.75 Å². The number of carboxylic acid groups (broad SMARTS) is 1. The SMILES string of the molecule is CCOC(Cc1ccc(OCCN(CCCc2cc(Cl)cc(Cl)c2)C(=O)Nc2ccc(Br)cc2)cc1)C(=O)O. The molecule has 1 unspecified atom stereocenters. The summed E-state index contributed by atoms with van der Waals surface area (Å²) in [6.07, 6.45) is 0.807. The minimum Gasteiger partial charge on any atom is -0.492 e. The summed E-state index contributed by atoms with van der Waals surface area (Å²) in [4.78, 5) is 26.1. The standard InChI is InChI=1S/C29H31BrCl2N2O5/c1-2-38-27(28(35)36)18-20-5-11-26(12-6-20)39-15-14-34(29(37)33-25-9-7-22(30)8-10-25)13-3-4-21-16-23(31)19-24(32)17-21/h5-12,16-17,19,27H,2-4,13-15,18H2,1H3,(H,33,37)(H,35,36). The third kappa shape index (κ3) is 10.7. The highest BCUT2D eigenvalue weighted by molar-refractivity contribution is 9.10. The summed E-state index contributed by atoms with van der Waals surface area (Å²) in [6, 6.07) is 19.8. The number of anilines is 1. The molecule has 0 bridgehead atoms. The molecule has 3 rings (SSSR count). The number of carbonyl (C=O) groups excluding carboxylic acids is 1. The zero-order valence-electron chi connectivity index (χ0n) is 21.5. The van der Waals surface area contributed by atoms with Crippen molar-refractivity contribution in [1.29, 1.82) is 0 Å². The van der Waals surface area contributed by atoms with Crippen LogP contribution in [0, 0.1) is 0 Å². The Hall–Kier alpha value is -2.78. The van der Waals surface area contributed by atoms with Crippen LogP contribution in [0.5, 0.6) is 5.75 Å². The minimum atomic E-state index is -0.989. The lowest BCUT2D eigenvalue weighted by atomic mass is 10.1. The Morgan fingerprint density at radius 2 is 1.64 bits per heavy atom. The topological polar surface area (TPSA) is 88.1 Å². The number of aryl methyl sites for hydroxylation is 1. The maximum Gasteiger partial charge on any atom is 0.333 e. The van der Waals surface area contributed by atoms with E-state index in [9.17, 15) is 14.7 Å². The molecule has 3 aromatic carbocycles. The van der Waals surface area contributed by atoms with Gasteiger partial charge in [-0.3, -0.25) is 0 Å². The fourth-order valence-corrected chi connectivity index (χ4v) is 4.74. The summed E-state index contributed by atoms with van der Waals surface area (Å²) < 4.78 is 12.1. The van der Waals surface area contributed by atoms with E-state index in [1.807, 2.05) is 48.5 Å². The van der Waals surface area contributed by atoms with Crippen LogP contribution in [0.15, 0.2) is 71.2 Å². The highest BCUT2D eigenvalue weighted by Crippen LogP contribution is 2.21. The first-order valence-electron chi connectivity index (χ1n) is 12.6. The van der Waals surface area contributed by atoms with Crippen LogP contribution in [-0.4, -0.2) is 54.4 Å². The molecule has 0 aromatic heterocycles. The minimum absolute atomic E-state index is 0.226. The number of benzene rings is 3. The summed E-state index contributed by atoms with van der Waals surface area (Å²) in [5, 5.41) is 13.4. The second-order valence-corrected chi connectivity index (χ2v) is 10.6. The van der Waals surface area contributed by atoms with Gasteiger partial charge in [-0.1, -0.05) is 51.3 Å². The smallest absolute Gasteiger partial charge is 0.333 e. The molecule has 0 fully saturated rings. The molecule has 39 heavy (non-hydrogen) atoms. The second-order valence-electron chi connectivity index (χ2n) is 8.78. The van der Waals surface area contributed by atoms with Gasteiger partial charge in [0.05, 0.1) is 6.54 Å². The average molecular weight is 638 g/mol. The van der Waals surface area contributed by atoms with Crippen molar-refractivity contribution in [2.75, 3.05) is 31.6 Å². The normalized spacial score (nSPS) is 11.6. The van der Waals surface area contributed by atoms with Gasteiger partial charge in [0.2, 0.25) is 0 Å². The van der Waals surface area contributed by atoms with Crippen molar-refractivity contribution in [3.63, 3.8) is 0 Å². The van der Waals surface area contributed by atoms with E-state index < -0.39 is 12.1 Å². The van der Waals surface area contributed by atoms with Gasteiger partial charge in [-0.25, -0.2) is 9.59 Å². The monoisotopic (exact) mass is 636 g/mol. The molecule has 0 radical (unpaired) electrons. The van der Waals surface area contributed by atoms with E-state index in [1.54, 1.807) is 30.0 Å². The first-order valence-corrected chi connectivity index (χ1v) is 14.1. The van der Waals surface area contributed by atoms with Crippen molar-refractivity contribution in [2.45, 2.75) is 32.3 Å². The van der Waals surface area contributed by atoms with Gasteiger partial charge in [0.15, 0.2) is 6.10 Å². The van der Waals surface area contributed by atoms with Gasteiger partial charge in [-0.15, -0.1) is 0 Å². The number of hydrogen-bond acceptors (Lipinski definition) is 4. The van der Waals surface area contributed by atoms with E-state index in [0.717, 1.165) is 15.6 Å². The number of nitrogens with one attached hydrogen (secondary N) is 1. The predicted molar refractivity (Wildman–Crippen MR) is 158 cm³/mol. The van der Waals surface area contributed by atoms with Crippen molar-refractivity contribution in [2.24, 2.45) is 0 Å². The van der Waals surface area contributed by atoms with E-state index in [-0.39, 0.29) is 19.1 Å². The van der Waals surface area contributed by atoms with E-state index in [2.05, 4.69) is 21.2 Å². The fourth-order valence-electron chi connectivity index (χ4n) is 3.91. The van der Waals surface area contributed by atoms with Crippen LogP contribution >= 0.6 is 39.1 Å². The van der Waals surface area contributed by atoms with E-state index in [1.165, 1.54) is 0 Å². The Morgan fingerprint density at radius 1 is 0.974 bits per heavy atom. The molecule has 0 aliphatic carbocycles. The molecule has 0 saturated heterocycles. The summed E-state index contributed by atoms with van der Waals surface area (Å²) in [5.41, 5.74) is 2.53. The maximum absolute atomic E-state index is 13.1. The number of urea groups is 1. The van der Waals surface area contributed by atoms with Gasteiger partial charge >= 0.3 is 12.0 Å². The lowest BCUT2D eigenvalue weighted by Gasteiger charge is -2.23. The summed E-state index contributed by atoms with van der Waals surface area (Å²) in [6.45, 7) is 3.25. The molecule has 7 nitrogen and oxygen atoms in total. The third-order valence-corrected chi connectivity index (χ3v) is 6.78. The first-order chi connectivity index (χ1) is 18.7. The van der Waals surface area contributed by atoms with Gasteiger partial charge in [-0.2, -0.15) is 0 Å². The molecule has 0 aliphatic heterocycles. The van der Waals surface area contributed by atoms with Gasteiger partial charge in [0.25, 0.3) is 0 Å². The molecule has 208 valence electrons. The fraction of sp³-hybridized carbons (Fsp3) is 0.310. The number of amides is 2. The van der Waals surface area contributed by atoms with Crippen molar-refractivity contribution >= 4 is 56.8 Å². The quantitative estimate of drug-likeness (QED) is 0.193. The number of carbonyl (C=O) groups is 2. The molecular weight excluding hydrogens is 607 g/mol. The van der Waals surface area contributed by atoms with Crippen LogP contribution in [0.3, 0.4) is 0 Å². The molecule has 2 amide bonds. The zero-order chi connectivity index (χ0) is 28.2. The van der Waals surface area contributed by atoms with Crippen LogP contribution < -0.4 is 10.1 Å². The van der Waals surface area contributed by atoms with Crippen molar-refractivity contribution in [1.82, 2.24) is 4.90 Å². The summed E-state index contributed by atoms with van der Waals surface area (Å²) >= 11 is 15.6. The molecule has 3 aromatic rings. The zero-order valence-corrected chi connectivity index (χ0v) is 24.6. The van der Waals surface area contributed by atoms with Gasteiger partial charge in [0, 0.05) is 39.8 Å². The van der Waals surface area contributed by atoms with Crippen LogP contribution in [0.2, 0.25) is 10.0 Å². The van der Waals surface area contributed by atoms with Crippen LogP contribution in [0.4, 0.5) is 10.5 Å². The second kappa shape index (κ2) is 15.7.